The zero-order valence-electron chi connectivity index (χ0n) is 14.4. The first-order chi connectivity index (χ1) is 12.2. The summed E-state index contributed by atoms with van der Waals surface area (Å²) in [5, 5.41) is 11.1. The standard InChI is InChI=1S/C18H24N2O5/c1-23-18(22)8-13-10-19-17-3-2-15(9-16(13)17)25-12-14(21)11-20-4-6-24-7-5-20/h2-3,9-10,14,19,21H,4-8,11-12H2,1H3/t14-/m0/s1. The molecule has 0 unspecified atom stereocenters. The van der Waals surface area contributed by atoms with Gasteiger partial charge in [-0.25, -0.2) is 0 Å². The first-order valence-corrected chi connectivity index (χ1v) is 8.43. The van der Waals surface area contributed by atoms with Crippen molar-refractivity contribution in [3.05, 3.63) is 30.0 Å². The maximum Gasteiger partial charge on any atom is 0.310 e. The van der Waals surface area contributed by atoms with Crippen LogP contribution in [0.15, 0.2) is 24.4 Å². The molecule has 0 amide bonds. The van der Waals surface area contributed by atoms with Gasteiger partial charge in [0.25, 0.3) is 0 Å². The molecule has 0 aliphatic carbocycles. The Balaban J connectivity index is 1.59. The van der Waals surface area contributed by atoms with E-state index in [1.54, 1.807) is 6.20 Å². The highest BCUT2D eigenvalue weighted by Gasteiger charge is 2.16. The zero-order valence-corrected chi connectivity index (χ0v) is 14.4. The minimum absolute atomic E-state index is 0.208. The van der Waals surface area contributed by atoms with E-state index in [2.05, 4.69) is 9.88 Å². The van der Waals surface area contributed by atoms with E-state index in [9.17, 15) is 9.90 Å². The SMILES string of the molecule is COC(=O)Cc1c[nH]c2ccc(OC[C@@H](O)CN3CCOCC3)cc12. The number of carbonyl (C=O) groups excluding carboxylic acids is 1. The summed E-state index contributed by atoms with van der Waals surface area (Å²) < 4.78 is 15.8. The van der Waals surface area contributed by atoms with Crippen LogP contribution in [0, 0.1) is 0 Å². The molecule has 1 aromatic heterocycles. The number of β-amino-alcohol motifs (C(OH)–C–C–N with tert-alkyl or cyclic N) is 1. The van der Waals surface area contributed by atoms with E-state index in [-0.39, 0.29) is 19.0 Å². The van der Waals surface area contributed by atoms with Gasteiger partial charge in [-0.3, -0.25) is 9.69 Å². The molecule has 1 aliphatic rings. The van der Waals surface area contributed by atoms with Crippen LogP contribution in [0.5, 0.6) is 5.75 Å². The number of aliphatic hydroxyl groups excluding tert-OH is 1. The molecule has 25 heavy (non-hydrogen) atoms. The summed E-state index contributed by atoms with van der Waals surface area (Å²) in [7, 11) is 1.38. The van der Waals surface area contributed by atoms with Crippen LogP contribution in [0.3, 0.4) is 0 Å². The third-order valence-electron chi connectivity index (χ3n) is 4.32. The fourth-order valence-electron chi connectivity index (χ4n) is 2.95. The molecule has 1 saturated heterocycles. The van der Waals surface area contributed by atoms with Gasteiger partial charge < -0.3 is 24.3 Å². The van der Waals surface area contributed by atoms with Crippen molar-refractivity contribution >= 4 is 16.9 Å². The number of benzene rings is 1. The second-order valence-electron chi connectivity index (χ2n) is 6.15. The van der Waals surface area contributed by atoms with Gasteiger partial charge in [-0.05, 0) is 23.8 Å². The lowest BCUT2D eigenvalue weighted by Gasteiger charge is -2.28. The van der Waals surface area contributed by atoms with Crippen molar-refractivity contribution in [1.82, 2.24) is 9.88 Å². The first kappa shape index (κ1) is 17.7. The number of hydrogen-bond donors (Lipinski definition) is 2. The average Bonchev–Trinajstić information content (AvgIpc) is 3.03. The number of esters is 1. The smallest absolute Gasteiger partial charge is 0.310 e. The lowest BCUT2D eigenvalue weighted by molar-refractivity contribution is -0.139. The third-order valence-corrected chi connectivity index (χ3v) is 4.32. The number of H-pyrrole nitrogens is 1. The number of hydrogen-bond acceptors (Lipinski definition) is 6. The molecule has 2 N–H and O–H groups in total. The van der Waals surface area contributed by atoms with E-state index in [0.717, 1.165) is 29.6 Å². The highest BCUT2D eigenvalue weighted by atomic mass is 16.5. The van der Waals surface area contributed by atoms with Crippen LogP contribution in [-0.4, -0.2) is 73.6 Å². The van der Waals surface area contributed by atoms with Gasteiger partial charge in [-0.1, -0.05) is 0 Å². The number of nitrogens with zero attached hydrogens (tertiary/aromatic N) is 1. The molecule has 3 rings (SSSR count). The second kappa shape index (κ2) is 8.33. The van der Waals surface area contributed by atoms with Crippen LogP contribution in [-0.2, 0) is 20.7 Å². The summed E-state index contributed by atoms with van der Waals surface area (Å²) in [6, 6.07) is 5.63. The second-order valence-corrected chi connectivity index (χ2v) is 6.15. The summed E-state index contributed by atoms with van der Waals surface area (Å²) in [6.07, 6.45) is 1.45. The van der Waals surface area contributed by atoms with E-state index in [0.29, 0.717) is 25.5 Å². The average molecular weight is 348 g/mol. The maximum atomic E-state index is 11.5. The largest absolute Gasteiger partial charge is 0.491 e. The van der Waals surface area contributed by atoms with Crippen LogP contribution in [0.1, 0.15) is 5.56 Å². The van der Waals surface area contributed by atoms with Crippen LogP contribution in [0.4, 0.5) is 0 Å². The van der Waals surface area contributed by atoms with Gasteiger partial charge in [-0.2, -0.15) is 0 Å². The van der Waals surface area contributed by atoms with Gasteiger partial charge in [0.2, 0.25) is 0 Å². The number of carbonyl (C=O) groups is 1. The molecule has 1 aromatic carbocycles. The molecule has 1 aliphatic heterocycles. The van der Waals surface area contributed by atoms with Gasteiger partial charge in [0.15, 0.2) is 0 Å². The number of aromatic nitrogens is 1. The monoisotopic (exact) mass is 348 g/mol. The minimum Gasteiger partial charge on any atom is -0.491 e. The normalized spacial score (nSPS) is 16.7. The quantitative estimate of drug-likeness (QED) is 0.725. The van der Waals surface area contributed by atoms with Crippen molar-refractivity contribution in [2.75, 3.05) is 46.6 Å². The van der Waals surface area contributed by atoms with E-state index in [4.69, 9.17) is 14.2 Å². The number of rotatable bonds is 7. The molecule has 0 spiro atoms. The maximum absolute atomic E-state index is 11.5. The van der Waals surface area contributed by atoms with Crippen LogP contribution < -0.4 is 4.74 Å². The van der Waals surface area contributed by atoms with Crippen LogP contribution >= 0.6 is 0 Å². The fourth-order valence-corrected chi connectivity index (χ4v) is 2.95. The molecule has 0 radical (unpaired) electrons. The first-order valence-electron chi connectivity index (χ1n) is 8.43. The molecule has 0 saturated carbocycles. The molecule has 1 fully saturated rings. The van der Waals surface area contributed by atoms with Crippen molar-refractivity contribution < 1.29 is 24.1 Å². The van der Waals surface area contributed by atoms with Crippen molar-refractivity contribution in [1.29, 1.82) is 0 Å². The molecule has 7 nitrogen and oxygen atoms in total. The Morgan fingerprint density at radius 1 is 1.40 bits per heavy atom. The van der Waals surface area contributed by atoms with E-state index in [1.807, 2.05) is 18.2 Å². The predicted octanol–water partition coefficient (Wildman–Crippen LogP) is 0.955. The summed E-state index contributed by atoms with van der Waals surface area (Å²) >= 11 is 0. The van der Waals surface area contributed by atoms with E-state index >= 15 is 0 Å². The number of nitrogens with one attached hydrogen (secondary N) is 1. The molecule has 2 aromatic rings. The van der Waals surface area contributed by atoms with E-state index in [1.165, 1.54) is 7.11 Å². The number of morpholine rings is 1. The Hall–Kier alpha value is -2.09. The highest BCUT2D eigenvalue weighted by molar-refractivity contribution is 5.88. The summed E-state index contributed by atoms with van der Waals surface area (Å²) in [5.74, 6) is 0.382. The molecule has 7 heteroatoms. The van der Waals surface area contributed by atoms with Gasteiger partial charge in [-0.15, -0.1) is 0 Å². The number of aromatic amines is 1. The van der Waals surface area contributed by atoms with Gasteiger partial charge in [0, 0.05) is 36.7 Å². The van der Waals surface area contributed by atoms with Crippen LogP contribution in [0.2, 0.25) is 0 Å². The Labute approximate surface area is 146 Å². The Morgan fingerprint density at radius 3 is 2.96 bits per heavy atom. The van der Waals surface area contributed by atoms with Gasteiger partial charge in [0.05, 0.1) is 26.7 Å². The molecule has 2 heterocycles. The lowest BCUT2D eigenvalue weighted by Crippen LogP contribution is -2.42. The van der Waals surface area contributed by atoms with Gasteiger partial charge in [0.1, 0.15) is 18.5 Å². The molecular weight excluding hydrogens is 324 g/mol. The summed E-state index contributed by atoms with van der Waals surface area (Å²) in [5.41, 5.74) is 1.79. The van der Waals surface area contributed by atoms with E-state index < -0.39 is 6.10 Å². The van der Waals surface area contributed by atoms with Crippen molar-refractivity contribution in [3.63, 3.8) is 0 Å². The van der Waals surface area contributed by atoms with Crippen molar-refractivity contribution in [2.45, 2.75) is 12.5 Å². The third kappa shape index (κ3) is 4.72. The molecular formula is C18H24N2O5. The number of fused-ring (bicyclic) bond motifs is 1. The fraction of sp³-hybridized carbons (Fsp3) is 0.500. The number of aliphatic hydroxyl groups is 1. The molecule has 136 valence electrons. The number of ether oxygens (including phenoxy) is 3. The Bertz CT molecular complexity index is 709. The van der Waals surface area contributed by atoms with Crippen LogP contribution in [0.25, 0.3) is 10.9 Å². The zero-order chi connectivity index (χ0) is 17.6. The predicted molar refractivity (Wildman–Crippen MR) is 92.8 cm³/mol. The summed E-state index contributed by atoms with van der Waals surface area (Å²) in [6.45, 7) is 3.89. The topological polar surface area (TPSA) is 84.0 Å². The minimum atomic E-state index is -0.561. The van der Waals surface area contributed by atoms with Gasteiger partial charge >= 0.3 is 5.97 Å². The molecule has 1 atom stereocenters. The lowest BCUT2D eigenvalue weighted by atomic mass is 10.1. The van der Waals surface area contributed by atoms with Crippen molar-refractivity contribution in [2.24, 2.45) is 0 Å². The Morgan fingerprint density at radius 2 is 2.20 bits per heavy atom. The highest BCUT2D eigenvalue weighted by Crippen LogP contribution is 2.24. The Kier molecular flexibility index (Phi) is 5.91. The van der Waals surface area contributed by atoms with Crippen molar-refractivity contribution in [3.8, 4) is 5.75 Å². The summed E-state index contributed by atoms with van der Waals surface area (Å²) in [4.78, 5) is 16.8. The number of methoxy groups -OCH3 is 1. The molecule has 0 bridgehead atoms.